The van der Waals surface area contributed by atoms with Crippen LogP contribution < -0.4 is 0 Å². The van der Waals surface area contributed by atoms with Crippen LogP contribution in [0.5, 0.6) is 0 Å². The summed E-state index contributed by atoms with van der Waals surface area (Å²) < 4.78 is 141. The van der Waals surface area contributed by atoms with Crippen molar-refractivity contribution < 1.29 is 28.0 Å². The molecule has 0 atom stereocenters. The first-order valence-corrected chi connectivity index (χ1v) is 19.9. The second kappa shape index (κ2) is 14.0. The van der Waals surface area contributed by atoms with E-state index < -0.39 is 60.4 Å². The molecule has 6 heteroatoms. The lowest BCUT2D eigenvalue weighted by molar-refractivity contribution is 0.668. The van der Waals surface area contributed by atoms with Gasteiger partial charge in [0.2, 0.25) is 0 Å². The largest absolute Gasteiger partial charge is 0.456 e. The number of fused-ring (bicyclic) bond motifs is 9. The molecule has 0 radical (unpaired) electrons. The first-order chi connectivity index (χ1) is 37.0. The number of para-hydroxylation sites is 1. The summed E-state index contributed by atoms with van der Waals surface area (Å²) in [5, 5.41) is 1.55. The Morgan fingerprint density at radius 2 is 1.11 bits per heavy atom. The van der Waals surface area contributed by atoms with Crippen molar-refractivity contribution in [3.8, 4) is 62.1 Å². The van der Waals surface area contributed by atoms with Crippen molar-refractivity contribution in [2.45, 2.75) is 0 Å². The number of hydrogen-bond donors (Lipinski definition) is 0. The molecule has 0 bridgehead atoms. The number of rotatable bonds is 6. The van der Waals surface area contributed by atoms with Gasteiger partial charge in [0, 0.05) is 43.6 Å². The van der Waals surface area contributed by atoms with Crippen molar-refractivity contribution in [3.63, 3.8) is 0 Å². The smallest absolute Gasteiger partial charge is 0.164 e. The molecule has 0 spiro atoms. The minimum atomic E-state index is -0.656. The van der Waals surface area contributed by atoms with Crippen LogP contribution in [-0.4, -0.2) is 19.5 Å². The average Bonchev–Trinajstić information content (AvgIpc) is 4.20. The minimum Gasteiger partial charge on any atom is -0.456 e. The lowest BCUT2D eigenvalue weighted by atomic mass is 9.99. The van der Waals surface area contributed by atoms with Gasteiger partial charge in [-0.15, -0.1) is 0 Å². The highest BCUT2D eigenvalue weighted by Gasteiger charge is 2.21. The predicted molar refractivity (Wildman–Crippen MR) is 256 cm³/mol. The van der Waals surface area contributed by atoms with E-state index in [9.17, 15) is 8.22 Å². The summed E-state index contributed by atoms with van der Waals surface area (Å²) in [4.78, 5) is 14.6. The Kier molecular flexibility index (Phi) is 5.32. The first kappa shape index (κ1) is 24.0. The summed E-state index contributed by atoms with van der Waals surface area (Å²) >= 11 is 0. The van der Waals surface area contributed by atoms with Crippen LogP contribution in [0, 0.1) is 0 Å². The van der Waals surface area contributed by atoms with Crippen molar-refractivity contribution in [1.29, 1.82) is 0 Å². The molecule has 0 N–H and O–H groups in total. The summed E-state index contributed by atoms with van der Waals surface area (Å²) in [6.45, 7) is 0. The molecule has 13 rings (SSSR count). The van der Waals surface area contributed by atoms with Crippen LogP contribution in [0.1, 0.15) is 19.2 Å². The maximum absolute atomic E-state index is 9.79. The van der Waals surface area contributed by atoms with E-state index >= 15 is 0 Å². The third-order valence-electron chi connectivity index (χ3n) is 11.2. The number of benzene rings is 9. The quantitative estimate of drug-likeness (QED) is 0.167. The second-order valence-corrected chi connectivity index (χ2v) is 14.8. The molecular formula is C57H34N4O2. The molecule has 13 aromatic rings. The fraction of sp³-hybridized carbons (Fsp3) is 0. The van der Waals surface area contributed by atoms with Crippen molar-refractivity contribution in [3.05, 3.63) is 206 Å². The Labute approximate surface area is 380 Å². The Morgan fingerprint density at radius 1 is 0.381 bits per heavy atom. The highest BCUT2D eigenvalue weighted by molar-refractivity contribution is 6.16. The van der Waals surface area contributed by atoms with E-state index in [1.54, 1.807) is 0 Å². The van der Waals surface area contributed by atoms with Crippen molar-refractivity contribution in [2.24, 2.45) is 0 Å². The highest BCUT2D eigenvalue weighted by atomic mass is 16.3. The predicted octanol–water partition coefficient (Wildman–Crippen LogP) is 15.1. The van der Waals surface area contributed by atoms with E-state index in [4.69, 9.17) is 34.8 Å². The molecule has 0 aliphatic heterocycles. The highest BCUT2D eigenvalue weighted by Crippen LogP contribution is 2.42. The SMILES string of the molecule is [2H]c1cc([2H])c([2H])c(-c2ccc3c(c2[2H])c2c([2H])c([2H])c([2H])c([2H])c2n3-c2c([2H])c([2H])c([2H])c3oc4c([2H])c(-c5nc(-c6ccccc6)nc(-c6ccc7c(c6)oc6cccc(-c8ccccc8)c67)n5)c([2H])cc4c23)c1[2H]. The summed E-state index contributed by atoms with van der Waals surface area (Å²) in [5.74, 6) is 0.375. The molecule has 6 nitrogen and oxygen atoms in total. The topological polar surface area (TPSA) is 69.9 Å². The van der Waals surface area contributed by atoms with Gasteiger partial charge in [-0.1, -0.05) is 145 Å². The van der Waals surface area contributed by atoms with Gasteiger partial charge in [0.05, 0.1) is 41.3 Å². The molecular weight excluding hydrogens is 773 g/mol. The Hall–Kier alpha value is -8.61. The van der Waals surface area contributed by atoms with E-state index in [1.165, 1.54) is 22.8 Å². The molecule has 0 aliphatic carbocycles. The number of nitrogens with zero attached hydrogens (tertiary/aromatic N) is 4. The summed E-state index contributed by atoms with van der Waals surface area (Å²) in [6, 6.07) is 29.0. The van der Waals surface area contributed by atoms with Gasteiger partial charge in [0.15, 0.2) is 17.5 Å². The second-order valence-electron chi connectivity index (χ2n) is 14.8. The zero-order chi connectivity index (χ0) is 53.6. The molecule has 63 heavy (non-hydrogen) atoms. The van der Waals surface area contributed by atoms with Gasteiger partial charge in [-0.25, -0.2) is 15.0 Å². The summed E-state index contributed by atoms with van der Waals surface area (Å²) in [5.41, 5.74) is 3.26. The fourth-order valence-corrected chi connectivity index (χ4v) is 8.38. The monoisotopic (exact) mass is 820 g/mol. The Balaban J connectivity index is 1.05. The molecule has 0 aliphatic rings. The van der Waals surface area contributed by atoms with Crippen LogP contribution in [0.4, 0.5) is 0 Å². The van der Waals surface area contributed by atoms with E-state index in [-0.39, 0.29) is 108 Å². The van der Waals surface area contributed by atoms with Gasteiger partial charge in [0.1, 0.15) is 22.3 Å². The van der Waals surface area contributed by atoms with E-state index in [2.05, 4.69) is 0 Å². The van der Waals surface area contributed by atoms with Crippen molar-refractivity contribution in [1.82, 2.24) is 19.5 Å². The van der Waals surface area contributed by atoms with Crippen LogP contribution in [0.3, 0.4) is 0 Å². The number of furan rings is 2. The van der Waals surface area contributed by atoms with Crippen LogP contribution in [0.15, 0.2) is 215 Å². The van der Waals surface area contributed by atoms with E-state index in [0.29, 0.717) is 22.3 Å². The van der Waals surface area contributed by atoms with E-state index in [0.717, 1.165) is 28.0 Å². The number of hydrogen-bond acceptors (Lipinski definition) is 5. The van der Waals surface area contributed by atoms with Crippen molar-refractivity contribution in [2.75, 3.05) is 0 Å². The van der Waals surface area contributed by atoms with Crippen LogP contribution in [0.25, 0.3) is 128 Å². The summed E-state index contributed by atoms with van der Waals surface area (Å²) in [7, 11) is 0. The van der Waals surface area contributed by atoms with Gasteiger partial charge in [-0.05, 0) is 82.8 Å². The van der Waals surface area contributed by atoms with Gasteiger partial charge in [0.25, 0.3) is 0 Å². The van der Waals surface area contributed by atoms with Crippen LogP contribution in [-0.2, 0) is 0 Å². The van der Waals surface area contributed by atoms with E-state index in [1.807, 2.05) is 97.1 Å². The molecule has 4 heterocycles. The lowest BCUT2D eigenvalue weighted by Crippen LogP contribution is -2.00. The zero-order valence-corrected chi connectivity index (χ0v) is 32.7. The first-order valence-electron chi connectivity index (χ1n) is 26.9. The van der Waals surface area contributed by atoms with Crippen LogP contribution >= 0.6 is 0 Å². The van der Waals surface area contributed by atoms with Crippen LogP contribution in [0.2, 0.25) is 0 Å². The molecule has 0 unspecified atom stereocenters. The standard InChI is InChI=1S/C57H34N4O2/c1-4-14-35(15-5-1)38-28-31-47-45(32-38)42-20-10-11-22-46(42)61(47)48-23-13-25-50-54(48)44-30-27-40(34-52(44)63-50)57-59-55(37-18-8-3-9-19-37)58-56(60-57)39-26-29-43-51(33-39)62-49-24-12-21-41(53(43)49)36-16-6-2-7-17-36/h1-34H/i4D,5D,10D,11D,13D,14D,15D,20D,22D,23D,25D,27D,32D,34D. The lowest BCUT2D eigenvalue weighted by Gasteiger charge is -2.10. The fourth-order valence-electron chi connectivity index (χ4n) is 8.38. The molecule has 4 aromatic heterocycles. The molecule has 0 amide bonds. The Bertz CT molecular complexity index is 4720. The average molecular weight is 821 g/mol. The third-order valence-corrected chi connectivity index (χ3v) is 11.2. The molecule has 0 saturated heterocycles. The molecule has 0 fully saturated rings. The Morgan fingerprint density at radius 3 is 1.95 bits per heavy atom. The maximum Gasteiger partial charge on any atom is 0.164 e. The molecule has 294 valence electrons. The van der Waals surface area contributed by atoms with Gasteiger partial charge in [-0.3, -0.25) is 0 Å². The van der Waals surface area contributed by atoms with Gasteiger partial charge >= 0.3 is 0 Å². The normalized spacial score (nSPS) is 14.9. The van der Waals surface area contributed by atoms with Crippen molar-refractivity contribution >= 4 is 65.7 Å². The number of aromatic nitrogens is 4. The van der Waals surface area contributed by atoms with Gasteiger partial charge in [-0.2, -0.15) is 0 Å². The minimum absolute atomic E-state index is 0.0330. The molecule has 0 saturated carbocycles. The van der Waals surface area contributed by atoms with Gasteiger partial charge < -0.3 is 13.4 Å². The third kappa shape index (κ3) is 5.69. The molecule has 9 aromatic carbocycles. The zero-order valence-electron chi connectivity index (χ0n) is 46.7. The summed E-state index contributed by atoms with van der Waals surface area (Å²) in [6.07, 6.45) is 0. The maximum atomic E-state index is 9.79.